The van der Waals surface area contributed by atoms with E-state index in [1.165, 1.54) is 0 Å². The van der Waals surface area contributed by atoms with Crippen molar-refractivity contribution in [1.29, 1.82) is 0 Å². The summed E-state index contributed by atoms with van der Waals surface area (Å²) in [5, 5.41) is 12.4. The average molecular weight is 296 g/mol. The van der Waals surface area contributed by atoms with Gasteiger partial charge in [0.15, 0.2) is 5.82 Å². The zero-order chi connectivity index (χ0) is 14.8. The molecule has 1 heterocycles. The number of rotatable bonds is 5. The van der Waals surface area contributed by atoms with Crippen LogP contribution in [0.5, 0.6) is 0 Å². The van der Waals surface area contributed by atoms with E-state index >= 15 is 0 Å². The van der Waals surface area contributed by atoms with E-state index in [1.807, 2.05) is 26.8 Å². The molecule has 20 heavy (non-hydrogen) atoms. The van der Waals surface area contributed by atoms with Crippen LogP contribution in [0.2, 0.25) is 5.02 Å². The molecule has 0 saturated carbocycles. The third kappa shape index (κ3) is 3.26. The van der Waals surface area contributed by atoms with Gasteiger partial charge < -0.3 is 10.5 Å². The molecule has 0 saturated heterocycles. The number of benzene rings is 1. The molecule has 0 radical (unpaired) electrons. The summed E-state index contributed by atoms with van der Waals surface area (Å²) in [5.41, 5.74) is 6.92. The molecule has 0 fully saturated rings. The minimum absolute atomic E-state index is 0.361. The fraction of sp³-hybridized carbons (Fsp3) is 0.462. The van der Waals surface area contributed by atoms with Gasteiger partial charge in [0, 0.05) is 22.9 Å². The molecule has 0 aliphatic rings. The summed E-state index contributed by atoms with van der Waals surface area (Å²) in [6.45, 7) is 7.11. The molecule has 0 aliphatic heterocycles. The third-order valence-electron chi connectivity index (χ3n) is 2.85. The van der Waals surface area contributed by atoms with Gasteiger partial charge in [0.25, 0.3) is 0 Å². The second-order valence-corrected chi connectivity index (χ2v) is 5.52. The largest absolute Gasteiger partial charge is 0.398 e. The maximum atomic E-state index is 5.98. The SMILES string of the molecule is CCOC(C)(C)Cn1nnnc1-c1ccc(Cl)cc1N. The van der Waals surface area contributed by atoms with Crippen molar-refractivity contribution in [3.63, 3.8) is 0 Å². The van der Waals surface area contributed by atoms with E-state index < -0.39 is 0 Å². The van der Waals surface area contributed by atoms with Crippen molar-refractivity contribution >= 4 is 17.3 Å². The Balaban J connectivity index is 2.33. The molecule has 1 aromatic heterocycles. The second kappa shape index (κ2) is 5.76. The minimum Gasteiger partial charge on any atom is -0.398 e. The first-order valence-electron chi connectivity index (χ1n) is 6.38. The van der Waals surface area contributed by atoms with Crippen LogP contribution in [0.1, 0.15) is 20.8 Å². The van der Waals surface area contributed by atoms with Crippen LogP contribution in [0.15, 0.2) is 18.2 Å². The number of aromatic nitrogens is 4. The number of anilines is 1. The minimum atomic E-state index is -0.361. The summed E-state index contributed by atoms with van der Waals surface area (Å²) in [6, 6.07) is 5.26. The number of hydrogen-bond acceptors (Lipinski definition) is 5. The number of nitrogen functional groups attached to an aromatic ring is 1. The maximum absolute atomic E-state index is 5.98. The fourth-order valence-electron chi connectivity index (χ4n) is 2.04. The molecule has 0 atom stereocenters. The Labute approximate surface area is 122 Å². The first-order chi connectivity index (χ1) is 9.43. The first-order valence-corrected chi connectivity index (χ1v) is 6.76. The lowest BCUT2D eigenvalue weighted by Gasteiger charge is -2.24. The number of nitrogens with zero attached hydrogens (tertiary/aromatic N) is 4. The third-order valence-corrected chi connectivity index (χ3v) is 3.09. The lowest BCUT2D eigenvalue weighted by atomic mass is 10.1. The highest BCUT2D eigenvalue weighted by Crippen LogP contribution is 2.27. The van der Waals surface area contributed by atoms with E-state index in [4.69, 9.17) is 22.1 Å². The van der Waals surface area contributed by atoms with Crippen molar-refractivity contribution in [2.45, 2.75) is 32.9 Å². The Hall–Kier alpha value is -1.66. The molecule has 0 bridgehead atoms. The van der Waals surface area contributed by atoms with Crippen molar-refractivity contribution < 1.29 is 4.74 Å². The standard InChI is InChI=1S/C13H18ClN5O/c1-4-20-13(2,3)8-19-12(16-17-18-19)10-6-5-9(14)7-11(10)15/h5-7H,4,8,15H2,1-3H3. The van der Waals surface area contributed by atoms with Gasteiger partial charge in [0.2, 0.25) is 0 Å². The molecule has 7 heteroatoms. The summed E-state index contributed by atoms with van der Waals surface area (Å²) in [6.07, 6.45) is 0. The summed E-state index contributed by atoms with van der Waals surface area (Å²) in [7, 11) is 0. The quantitative estimate of drug-likeness (QED) is 0.857. The van der Waals surface area contributed by atoms with Gasteiger partial charge in [-0.3, -0.25) is 0 Å². The molecule has 1 aromatic carbocycles. The molecule has 0 spiro atoms. The van der Waals surface area contributed by atoms with Crippen LogP contribution in [0, 0.1) is 0 Å². The van der Waals surface area contributed by atoms with Crippen LogP contribution in [-0.4, -0.2) is 32.4 Å². The number of nitrogens with two attached hydrogens (primary N) is 1. The normalized spacial score (nSPS) is 11.8. The Morgan fingerprint density at radius 1 is 1.40 bits per heavy atom. The summed E-state index contributed by atoms with van der Waals surface area (Å²) in [5.74, 6) is 0.604. The van der Waals surface area contributed by atoms with E-state index in [1.54, 1.807) is 16.8 Å². The van der Waals surface area contributed by atoms with E-state index in [-0.39, 0.29) is 5.60 Å². The van der Waals surface area contributed by atoms with Gasteiger partial charge in [0.1, 0.15) is 0 Å². The van der Waals surface area contributed by atoms with Crippen LogP contribution in [0.3, 0.4) is 0 Å². The second-order valence-electron chi connectivity index (χ2n) is 5.08. The van der Waals surface area contributed by atoms with Crippen molar-refractivity contribution in [2.75, 3.05) is 12.3 Å². The predicted octanol–water partition coefficient (Wildman–Crippen LogP) is 2.39. The predicted molar refractivity (Wildman–Crippen MR) is 78.4 cm³/mol. The molecule has 0 aliphatic carbocycles. The van der Waals surface area contributed by atoms with Crippen LogP contribution < -0.4 is 5.73 Å². The molecule has 0 amide bonds. The number of tetrazole rings is 1. The molecule has 2 rings (SSSR count). The van der Waals surface area contributed by atoms with Gasteiger partial charge in [-0.25, -0.2) is 4.68 Å². The van der Waals surface area contributed by atoms with Crippen LogP contribution in [-0.2, 0) is 11.3 Å². The first kappa shape index (κ1) is 14.7. The molecule has 6 nitrogen and oxygen atoms in total. The Morgan fingerprint density at radius 3 is 2.80 bits per heavy atom. The zero-order valence-corrected chi connectivity index (χ0v) is 12.6. The molecule has 0 unspecified atom stereocenters. The monoisotopic (exact) mass is 295 g/mol. The Kier molecular flexibility index (Phi) is 4.25. The zero-order valence-electron chi connectivity index (χ0n) is 11.8. The fourth-order valence-corrected chi connectivity index (χ4v) is 2.22. The maximum Gasteiger partial charge on any atom is 0.184 e. The lowest BCUT2D eigenvalue weighted by Crippen LogP contribution is -2.31. The van der Waals surface area contributed by atoms with Gasteiger partial charge in [-0.1, -0.05) is 11.6 Å². The van der Waals surface area contributed by atoms with Crippen LogP contribution in [0.4, 0.5) is 5.69 Å². The summed E-state index contributed by atoms with van der Waals surface area (Å²) < 4.78 is 7.36. The Bertz CT molecular complexity index is 596. The summed E-state index contributed by atoms with van der Waals surface area (Å²) in [4.78, 5) is 0. The molecule has 2 N–H and O–H groups in total. The van der Waals surface area contributed by atoms with Crippen molar-refractivity contribution in [1.82, 2.24) is 20.2 Å². The van der Waals surface area contributed by atoms with E-state index in [2.05, 4.69) is 15.5 Å². The van der Waals surface area contributed by atoms with Crippen LogP contribution >= 0.6 is 11.6 Å². The van der Waals surface area contributed by atoms with Gasteiger partial charge in [-0.15, -0.1) is 5.10 Å². The van der Waals surface area contributed by atoms with Crippen LogP contribution in [0.25, 0.3) is 11.4 Å². The van der Waals surface area contributed by atoms with Gasteiger partial charge in [-0.2, -0.15) is 0 Å². The van der Waals surface area contributed by atoms with Crippen molar-refractivity contribution in [3.05, 3.63) is 23.2 Å². The smallest absolute Gasteiger partial charge is 0.184 e. The van der Waals surface area contributed by atoms with Crippen molar-refractivity contribution in [3.8, 4) is 11.4 Å². The van der Waals surface area contributed by atoms with Gasteiger partial charge in [-0.05, 0) is 49.4 Å². The highest BCUT2D eigenvalue weighted by atomic mass is 35.5. The van der Waals surface area contributed by atoms with E-state index in [9.17, 15) is 0 Å². The average Bonchev–Trinajstić information content (AvgIpc) is 2.76. The highest BCUT2D eigenvalue weighted by Gasteiger charge is 2.22. The van der Waals surface area contributed by atoms with Gasteiger partial charge >= 0.3 is 0 Å². The molecular formula is C13H18ClN5O. The molecular weight excluding hydrogens is 278 g/mol. The number of hydrogen-bond donors (Lipinski definition) is 1. The molecule has 2 aromatic rings. The number of halogens is 1. The van der Waals surface area contributed by atoms with E-state index in [0.29, 0.717) is 29.7 Å². The summed E-state index contributed by atoms with van der Waals surface area (Å²) >= 11 is 5.91. The highest BCUT2D eigenvalue weighted by molar-refractivity contribution is 6.31. The lowest BCUT2D eigenvalue weighted by molar-refractivity contribution is -0.0246. The number of ether oxygens (including phenoxy) is 1. The topological polar surface area (TPSA) is 78.8 Å². The molecule has 108 valence electrons. The van der Waals surface area contributed by atoms with Crippen molar-refractivity contribution in [2.24, 2.45) is 0 Å². The van der Waals surface area contributed by atoms with Gasteiger partial charge in [0.05, 0.1) is 12.1 Å². The Morgan fingerprint density at radius 2 is 2.15 bits per heavy atom. The van der Waals surface area contributed by atoms with E-state index in [0.717, 1.165) is 5.56 Å².